The normalized spacial score (nSPS) is 19.3. The average Bonchev–Trinajstić information content (AvgIpc) is 3.26. The Morgan fingerprint density at radius 1 is 0.975 bits per heavy atom. The lowest BCUT2D eigenvalue weighted by atomic mass is 10.0. The first-order valence-corrected chi connectivity index (χ1v) is 14.1. The summed E-state index contributed by atoms with van der Waals surface area (Å²) in [5.41, 5.74) is 0.572. The highest BCUT2D eigenvalue weighted by molar-refractivity contribution is 6.00. The molecule has 0 bridgehead atoms. The number of amides is 4. The van der Waals surface area contributed by atoms with Gasteiger partial charge >= 0.3 is 6.03 Å². The number of rotatable bonds is 10. The minimum atomic E-state index is -0.874. The minimum absolute atomic E-state index is 0.0934. The molecule has 1 aromatic carbocycles. The summed E-state index contributed by atoms with van der Waals surface area (Å²) in [5.74, 6) is -1.01. The number of carbonyl (C=O) groups is 5. The van der Waals surface area contributed by atoms with Crippen LogP contribution in [0.1, 0.15) is 77.8 Å². The molecule has 10 heteroatoms. The molecule has 1 unspecified atom stereocenters. The van der Waals surface area contributed by atoms with Gasteiger partial charge in [-0.15, -0.1) is 0 Å². The van der Waals surface area contributed by atoms with Crippen molar-refractivity contribution in [3.63, 3.8) is 0 Å². The molecule has 0 aliphatic carbocycles. The maximum absolute atomic E-state index is 13.3. The van der Waals surface area contributed by atoms with Crippen molar-refractivity contribution < 1.29 is 28.4 Å². The molecule has 1 aromatic heterocycles. The Labute approximate surface area is 235 Å². The van der Waals surface area contributed by atoms with Crippen LogP contribution in [0.5, 0.6) is 0 Å². The Bertz CT molecular complexity index is 1200. The molecular weight excluding hydrogens is 512 g/mol. The van der Waals surface area contributed by atoms with Gasteiger partial charge in [-0.2, -0.15) is 0 Å². The van der Waals surface area contributed by atoms with E-state index in [4.69, 9.17) is 4.42 Å². The first-order chi connectivity index (χ1) is 18.8. The van der Waals surface area contributed by atoms with Crippen molar-refractivity contribution in [1.82, 2.24) is 20.9 Å². The number of benzene rings is 1. The molecule has 2 heterocycles. The monoisotopic (exact) mass is 554 g/mol. The zero-order chi connectivity index (χ0) is 29.6. The van der Waals surface area contributed by atoms with Crippen LogP contribution in [0.25, 0.3) is 11.0 Å². The summed E-state index contributed by atoms with van der Waals surface area (Å²) >= 11 is 0. The Kier molecular flexibility index (Phi) is 10.5. The van der Waals surface area contributed by atoms with Crippen molar-refractivity contribution in [2.24, 2.45) is 11.8 Å². The highest BCUT2D eigenvalue weighted by atomic mass is 16.3. The summed E-state index contributed by atoms with van der Waals surface area (Å²) in [6.45, 7) is 10.9. The van der Waals surface area contributed by atoms with Crippen LogP contribution in [0.15, 0.2) is 34.7 Å². The van der Waals surface area contributed by atoms with Crippen molar-refractivity contribution in [1.29, 1.82) is 0 Å². The second-order valence-corrected chi connectivity index (χ2v) is 11.6. The van der Waals surface area contributed by atoms with Crippen molar-refractivity contribution in [3.8, 4) is 0 Å². The van der Waals surface area contributed by atoms with Crippen molar-refractivity contribution >= 4 is 40.4 Å². The maximum atomic E-state index is 13.3. The van der Waals surface area contributed by atoms with Gasteiger partial charge in [-0.1, -0.05) is 45.9 Å². The zero-order valence-electron chi connectivity index (χ0n) is 24.3. The number of hydrogen-bond donors (Lipinski definition) is 3. The van der Waals surface area contributed by atoms with Gasteiger partial charge in [-0.05, 0) is 63.5 Å². The highest BCUT2D eigenvalue weighted by Gasteiger charge is 2.35. The first kappa shape index (κ1) is 30.8. The van der Waals surface area contributed by atoms with Gasteiger partial charge in [0.05, 0.1) is 18.6 Å². The van der Waals surface area contributed by atoms with E-state index in [1.165, 1.54) is 11.8 Å². The molecule has 2 aromatic rings. The molecule has 4 atom stereocenters. The van der Waals surface area contributed by atoms with Crippen molar-refractivity contribution in [3.05, 3.63) is 36.1 Å². The number of hydrogen-bond acceptors (Lipinski definition) is 6. The summed E-state index contributed by atoms with van der Waals surface area (Å²) in [4.78, 5) is 66.0. The average molecular weight is 555 g/mol. The van der Waals surface area contributed by atoms with Crippen molar-refractivity contribution in [2.45, 2.75) is 91.4 Å². The fourth-order valence-corrected chi connectivity index (χ4v) is 4.91. The quantitative estimate of drug-likeness (QED) is 0.408. The summed E-state index contributed by atoms with van der Waals surface area (Å²) in [7, 11) is 0. The van der Waals surface area contributed by atoms with E-state index < -0.39 is 36.0 Å². The van der Waals surface area contributed by atoms with Gasteiger partial charge in [0.1, 0.15) is 11.6 Å². The molecule has 0 radical (unpaired) electrons. The predicted octanol–water partition coefficient (Wildman–Crippen LogP) is 3.83. The molecule has 1 saturated heterocycles. The number of carbonyl (C=O) groups excluding carboxylic acids is 5. The van der Waals surface area contributed by atoms with Gasteiger partial charge in [-0.3, -0.25) is 19.2 Å². The molecule has 3 rings (SSSR count). The number of nitrogens with zero attached hydrogens (tertiary/aromatic N) is 1. The Hall–Kier alpha value is -3.69. The largest absolute Gasteiger partial charge is 0.451 e. The van der Waals surface area contributed by atoms with E-state index in [1.54, 1.807) is 12.1 Å². The van der Waals surface area contributed by atoms with E-state index in [1.807, 2.05) is 52.8 Å². The van der Waals surface area contributed by atoms with Gasteiger partial charge in [-0.25, -0.2) is 4.79 Å². The molecule has 0 spiro atoms. The van der Waals surface area contributed by atoms with Crippen LogP contribution < -0.4 is 16.0 Å². The standard InChI is InChI=1S/C30H42N4O6/c1-17(2)13-23(20(6)35)33-30(39)34-16-25(36)22(12-11-19(34)5)31-28(37)24(14-18(3)4)32-29(38)27-15-21-9-7-8-10-26(21)40-27/h7-10,15,17-19,22-24H,11-14,16H2,1-6H3,(H,31,37)(H,32,38)(H,33,39)/t19-,22+,23?,24+/m1/s1. The van der Waals surface area contributed by atoms with E-state index in [2.05, 4.69) is 16.0 Å². The van der Waals surface area contributed by atoms with Crippen LogP contribution >= 0.6 is 0 Å². The lowest BCUT2D eigenvalue weighted by molar-refractivity contribution is -0.129. The number of furan rings is 1. The van der Waals surface area contributed by atoms with Crippen LogP contribution in [0, 0.1) is 11.8 Å². The van der Waals surface area contributed by atoms with Crippen LogP contribution in [0.3, 0.4) is 0 Å². The van der Waals surface area contributed by atoms with Gasteiger partial charge in [0, 0.05) is 11.4 Å². The number of likely N-dealkylation sites (tertiary alicyclic amines) is 1. The van der Waals surface area contributed by atoms with Crippen LogP contribution in [0.2, 0.25) is 0 Å². The second-order valence-electron chi connectivity index (χ2n) is 11.6. The first-order valence-electron chi connectivity index (χ1n) is 14.1. The Morgan fingerprint density at radius 3 is 2.25 bits per heavy atom. The summed E-state index contributed by atoms with van der Waals surface area (Å²) < 4.78 is 5.65. The van der Waals surface area contributed by atoms with Gasteiger partial charge in [0.2, 0.25) is 5.91 Å². The van der Waals surface area contributed by atoms with Gasteiger partial charge in [0.25, 0.3) is 5.91 Å². The third-order valence-electron chi connectivity index (χ3n) is 7.17. The number of fused-ring (bicyclic) bond motifs is 1. The number of Topliss-reactive ketones (excluding diaryl/α,β-unsaturated/α-hetero) is 2. The number of nitrogens with one attached hydrogen (secondary N) is 3. The van der Waals surface area contributed by atoms with Gasteiger partial charge < -0.3 is 25.3 Å². The molecule has 4 amide bonds. The van der Waals surface area contributed by atoms with E-state index in [-0.39, 0.29) is 41.7 Å². The van der Waals surface area contributed by atoms with Crippen LogP contribution in [0.4, 0.5) is 4.79 Å². The van der Waals surface area contributed by atoms with E-state index in [9.17, 15) is 24.0 Å². The summed E-state index contributed by atoms with van der Waals surface area (Å²) in [6.07, 6.45) is 1.71. The van der Waals surface area contributed by atoms with Crippen LogP contribution in [-0.4, -0.2) is 65.0 Å². The molecule has 0 saturated carbocycles. The lowest BCUT2D eigenvalue weighted by Crippen LogP contribution is -2.54. The molecule has 218 valence electrons. The van der Waals surface area contributed by atoms with Gasteiger partial charge in [0.15, 0.2) is 17.3 Å². The molecule has 10 nitrogen and oxygen atoms in total. The fraction of sp³-hybridized carbons (Fsp3) is 0.567. The number of para-hydroxylation sites is 1. The Morgan fingerprint density at radius 2 is 1.62 bits per heavy atom. The minimum Gasteiger partial charge on any atom is -0.451 e. The Balaban J connectivity index is 1.67. The summed E-state index contributed by atoms with van der Waals surface area (Å²) in [6, 6.07) is 5.84. The molecule has 1 aliphatic rings. The molecule has 40 heavy (non-hydrogen) atoms. The van der Waals surface area contributed by atoms with Crippen LogP contribution in [-0.2, 0) is 14.4 Å². The third kappa shape index (κ3) is 8.16. The zero-order valence-corrected chi connectivity index (χ0v) is 24.3. The lowest BCUT2D eigenvalue weighted by Gasteiger charge is -2.29. The molecule has 3 N–H and O–H groups in total. The number of urea groups is 1. The SMILES string of the molecule is CC(=O)C(CC(C)C)NC(=O)N1CC(=O)[C@@H](NC(=O)[C@H](CC(C)C)NC(=O)c2cc3ccccc3o2)CC[C@H]1C. The topological polar surface area (TPSA) is 138 Å². The third-order valence-corrected chi connectivity index (χ3v) is 7.17. The predicted molar refractivity (Wildman–Crippen MR) is 152 cm³/mol. The number of ketones is 2. The molecular formula is C30H42N4O6. The van der Waals surface area contributed by atoms with E-state index in [0.717, 1.165) is 5.39 Å². The fourth-order valence-electron chi connectivity index (χ4n) is 4.91. The molecule has 1 fully saturated rings. The maximum Gasteiger partial charge on any atom is 0.318 e. The second kappa shape index (κ2) is 13.6. The highest BCUT2D eigenvalue weighted by Crippen LogP contribution is 2.20. The smallest absolute Gasteiger partial charge is 0.318 e. The van der Waals surface area contributed by atoms with Crippen molar-refractivity contribution in [2.75, 3.05) is 6.54 Å². The summed E-state index contributed by atoms with van der Waals surface area (Å²) in [5, 5.41) is 9.14. The van der Waals surface area contributed by atoms with E-state index in [0.29, 0.717) is 31.3 Å². The van der Waals surface area contributed by atoms with E-state index >= 15 is 0 Å². The molecule has 1 aliphatic heterocycles.